The molecule has 0 aromatic rings. The number of aliphatic imine (C=N–C) groups is 1. The summed E-state index contributed by atoms with van der Waals surface area (Å²) in [6.45, 7) is 1.24. The highest BCUT2D eigenvalue weighted by molar-refractivity contribution is 7.92. The number of carbonyl (C=O) groups excluding carboxylic acids is 1. The maximum Gasteiger partial charge on any atom is 0.258 e. The Hall–Kier alpha value is -1.14. The first-order valence-corrected chi connectivity index (χ1v) is 5.87. The standard InChI is InChI=1S/C8H9ClN2O3S/c1-7(12)2-3-15(13,14)11-5-8(9)4-10-6-11/h2-5H,6H2,1H3/b3-2+. The molecular weight excluding hydrogens is 240 g/mol. The molecule has 0 spiro atoms. The molecule has 82 valence electrons. The molecule has 0 saturated carbocycles. The molecule has 0 bridgehead atoms. The highest BCUT2D eigenvalue weighted by Crippen LogP contribution is 2.12. The van der Waals surface area contributed by atoms with Gasteiger partial charge >= 0.3 is 0 Å². The first-order chi connectivity index (χ1) is 6.92. The first-order valence-electron chi connectivity index (χ1n) is 3.99. The maximum absolute atomic E-state index is 11.5. The van der Waals surface area contributed by atoms with Crippen molar-refractivity contribution in [3.8, 4) is 0 Å². The molecule has 15 heavy (non-hydrogen) atoms. The van der Waals surface area contributed by atoms with Crippen molar-refractivity contribution in [2.45, 2.75) is 6.92 Å². The van der Waals surface area contributed by atoms with Gasteiger partial charge in [-0.2, -0.15) is 0 Å². The number of allylic oxidation sites excluding steroid dienone is 2. The minimum absolute atomic E-state index is 0.0270. The van der Waals surface area contributed by atoms with Crippen LogP contribution in [0, 0.1) is 0 Å². The van der Waals surface area contributed by atoms with Gasteiger partial charge in [-0.05, 0) is 13.0 Å². The number of hydrogen-bond acceptors (Lipinski definition) is 4. The zero-order chi connectivity index (χ0) is 11.5. The van der Waals surface area contributed by atoms with E-state index in [0.717, 1.165) is 15.8 Å². The number of nitrogens with zero attached hydrogens (tertiary/aromatic N) is 2. The van der Waals surface area contributed by atoms with Gasteiger partial charge in [0, 0.05) is 12.4 Å². The van der Waals surface area contributed by atoms with Crippen molar-refractivity contribution in [2.24, 2.45) is 4.99 Å². The smallest absolute Gasteiger partial charge is 0.258 e. The Kier molecular flexibility index (Phi) is 3.65. The monoisotopic (exact) mass is 248 g/mol. The molecule has 0 N–H and O–H groups in total. The van der Waals surface area contributed by atoms with E-state index in [4.69, 9.17) is 11.6 Å². The van der Waals surface area contributed by atoms with Crippen molar-refractivity contribution in [1.29, 1.82) is 0 Å². The summed E-state index contributed by atoms with van der Waals surface area (Å²) in [7, 11) is -3.65. The van der Waals surface area contributed by atoms with Crippen LogP contribution in [0.5, 0.6) is 0 Å². The summed E-state index contributed by atoms with van der Waals surface area (Å²) < 4.78 is 24.0. The number of hydrogen-bond donors (Lipinski definition) is 0. The minimum Gasteiger partial charge on any atom is -0.295 e. The van der Waals surface area contributed by atoms with E-state index in [1.807, 2.05) is 0 Å². The number of carbonyl (C=O) groups is 1. The number of rotatable bonds is 3. The van der Waals surface area contributed by atoms with Crippen molar-refractivity contribution >= 4 is 33.6 Å². The summed E-state index contributed by atoms with van der Waals surface area (Å²) >= 11 is 5.59. The molecule has 0 fully saturated rings. The van der Waals surface area contributed by atoms with Gasteiger partial charge in [-0.15, -0.1) is 0 Å². The lowest BCUT2D eigenvalue weighted by atomic mass is 10.5. The molecule has 0 radical (unpaired) electrons. The van der Waals surface area contributed by atoms with Crippen LogP contribution in [-0.4, -0.2) is 31.4 Å². The highest BCUT2D eigenvalue weighted by Gasteiger charge is 2.17. The lowest BCUT2D eigenvalue weighted by Crippen LogP contribution is -2.26. The van der Waals surface area contributed by atoms with Gasteiger partial charge in [0.25, 0.3) is 10.0 Å². The largest absolute Gasteiger partial charge is 0.295 e. The molecule has 0 aromatic heterocycles. The van der Waals surface area contributed by atoms with E-state index >= 15 is 0 Å². The molecule has 0 aromatic carbocycles. The van der Waals surface area contributed by atoms with E-state index in [1.54, 1.807) is 0 Å². The Morgan fingerprint density at radius 2 is 2.33 bits per heavy atom. The van der Waals surface area contributed by atoms with Gasteiger partial charge in [0.05, 0.1) is 10.4 Å². The van der Waals surface area contributed by atoms with Crippen molar-refractivity contribution in [3.05, 3.63) is 22.7 Å². The molecule has 1 aliphatic rings. The van der Waals surface area contributed by atoms with Gasteiger partial charge in [0.1, 0.15) is 6.67 Å². The topological polar surface area (TPSA) is 66.8 Å². The van der Waals surface area contributed by atoms with Gasteiger partial charge in [-0.1, -0.05) is 11.6 Å². The highest BCUT2D eigenvalue weighted by atomic mass is 35.5. The van der Waals surface area contributed by atoms with Crippen LogP contribution in [0.15, 0.2) is 27.7 Å². The third-order valence-corrected chi connectivity index (χ3v) is 3.05. The Morgan fingerprint density at radius 3 is 2.87 bits per heavy atom. The summed E-state index contributed by atoms with van der Waals surface area (Å²) in [6.07, 6.45) is 3.59. The predicted octanol–water partition coefficient (Wildman–Crippen LogP) is 0.843. The molecule has 0 atom stereocenters. The second-order valence-electron chi connectivity index (χ2n) is 2.81. The lowest BCUT2D eigenvalue weighted by Gasteiger charge is -2.18. The lowest BCUT2D eigenvalue weighted by molar-refractivity contribution is -0.112. The molecule has 1 heterocycles. The zero-order valence-corrected chi connectivity index (χ0v) is 9.49. The molecule has 0 saturated heterocycles. The molecule has 0 amide bonds. The van der Waals surface area contributed by atoms with E-state index in [1.165, 1.54) is 19.3 Å². The van der Waals surface area contributed by atoms with Gasteiger partial charge in [-0.25, -0.2) is 8.42 Å². The fourth-order valence-corrected chi connectivity index (χ4v) is 2.09. The van der Waals surface area contributed by atoms with Crippen molar-refractivity contribution in [3.63, 3.8) is 0 Å². The fraction of sp³-hybridized carbons (Fsp3) is 0.250. The van der Waals surface area contributed by atoms with Gasteiger partial charge in [0.15, 0.2) is 5.78 Å². The molecule has 7 heteroatoms. The van der Waals surface area contributed by atoms with Crippen molar-refractivity contribution < 1.29 is 13.2 Å². The van der Waals surface area contributed by atoms with Gasteiger partial charge in [-0.3, -0.25) is 14.1 Å². The van der Waals surface area contributed by atoms with Crippen LogP contribution in [-0.2, 0) is 14.8 Å². The second-order valence-corrected chi connectivity index (χ2v) is 5.02. The molecule has 0 aliphatic carbocycles. The Balaban J connectivity index is 2.89. The number of halogens is 1. The number of sulfonamides is 1. The van der Waals surface area contributed by atoms with Crippen LogP contribution in [0.25, 0.3) is 0 Å². The van der Waals surface area contributed by atoms with E-state index < -0.39 is 10.0 Å². The van der Waals surface area contributed by atoms with Crippen molar-refractivity contribution in [1.82, 2.24) is 4.31 Å². The molecule has 1 aliphatic heterocycles. The molecule has 0 unspecified atom stereocenters. The Labute approximate surface area is 92.8 Å². The minimum atomic E-state index is -3.65. The summed E-state index contributed by atoms with van der Waals surface area (Å²) in [5.41, 5.74) is 0. The summed E-state index contributed by atoms with van der Waals surface area (Å²) in [6, 6.07) is 0. The maximum atomic E-state index is 11.5. The van der Waals surface area contributed by atoms with Crippen LogP contribution in [0.4, 0.5) is 0 Å². The predicted molar refractivity (Wildman–Crippen MR) is 57.9 cm³/mol. The van der Waals surface area contributed by atoms with E-state index in [9.17, 15) is 13.2 Å². The third-order valence-electron chi connectivity index (χ3n) is 1.50. The van der Waals surface area contributed by atoms with E-state index in [-0.39, 0.29) is 17.5 Å². The van der Waals surface area contributed by atoms with E-state index in [2.05, 4.69) is 4.99 Å². The van der Waals surface area contributed by atoms with Crippen LogP contribution in [0.2, 0.25) is 0 Å². The molecule has 5 nitrogen and oxygen atoms in total. The van der Waals surface area contributed by atoms with Crippen LogP contribution in [0.1, 0.15) is 6.92 Å². The SMILES string of the molecule is CC(=O)/C=C/S(=O)(=O)N1C=C(Cl)C=NC1. The molecular formula is C8H9ClN2O3S. The number of ketones is 1. The average Bonchev–Trinajstić information content (AvgIpc) is 2.15. The summed E-state index contributed by atoms with van der Waals surface area (Å²) in [5.74, 6) is -0.339. The Morgan fingerprint density at radius 1 is 1.67 bits per heavy atom. The van der Waals surface area contributed by atoms with E-state index in [0.29, 0.717) is 0 Å². The van der Waals surface area contributed by atoms with Gasteiger partial charge < -0.3 is 0 Å². The second kappa shape index (κ2) is 4.59. The van der Waals surface area contributed by atoms with Crippen molar-refractivity contribution in [2.75, 3.05) is 6.67 Å². The summed E-state index contributed by atoms with van der Waals surface area (Å²) in [4.78, 5) is 14.3. The van der Waals surface area contributed by atoms with Crippen LogP contribution >= 0.6 is 11.6 Å². The quantitative estimate of drug-likeness (QED) is 0.695. The molecule has 1 rings (SSSR count). The zero-order valence-electron chi connectivity index (χ0n) is 7.92. The van der Waals surface area contributed by atoms with Crippen LogP contribution < -0.4 is 0 Å². The average molecular weight is 249 g/mol. The fourth-order valence-electron chi connectivity index (χ4n) is 0.834. The third kappa shape index (κ3) is 3.49. The van der Waals surface area contributed by atoms with Crippen LogP contribution in [0.3, 0.4) is 0 Å². The Bertz CT molecular complexity index is 451. The summed E-state index contributed by atoms with van der Waals surface area (Å²) in [5, 5.41) is 1.05. The van der Waals surface area contributed by atoms with Gasteiger partial charge in [0.2, 0.25) is 0 Å². The normalized spacial score (nSPS) is 16.9. The first kappa shape index (κ1) is 11.9.